The molecule has 25 heavy (non-hydrogen) atoms. The van der Waals surface area contributed by atoms with Crippen LogP contribution in [0.2, 0.25) is 0 Å². The lowest BCUT2D eigenvalue weighted by molar-refractivity contribution is 0.000603. The quantitative estimate of drug-likeness (QED) is 0.602. The van der Waals surface area contributed by atoms with E-state index in [0.29, 0.717) is 25.2 Å². The Morgan fingerprint density at radius 3 is 2.52 bits per heavy atom. The molecule has 1 heterocycles. The number of nitrogens with zero attached hydrogens (tertiary/aromatic N) is 2. The highest BCUT2D eigenvalue weighted by molar-refractivity contribution is 14.1. The number of rotatable bonds is 1. The first-order valence-electron chi connectivity index (χ1n) is 8.36. The summed E-state index contributed by atoms with van der Waals surface area (Å²) in [6.07, 6.45) is 1.36. The fraction of sp³-hybridized carbons (Fsp3) is 0.556. The van der Waals surface area contributed by atoms with Crippen molar-refractivity contribution in [2.75, 3.05) is 19.6 Å². The van der Waals surface area contributed by atoms with Crippen LogP contribution in [-0.2, 0) is 4.74 Å². The van der Waals surface area contributed by atoms with Crippen molar-refractivity contribution in [2.24, 2.45) is 0 Å². The molecule has 2 aliphatic rings. The smallest absolute Gasteiger partial charge is 0.410 e. The summed E-state index contributed by atoms with van der Waals surface area (Å²) in [6, 6.07) is 4.26. The number of ether oxygens (including phenoxy) is 1. The van der Waals surface area contributed by atoms with E-state index in [2.05, 4.69) is 22.6 Å². The minimum atomic E-state index is -0.543. The first-order valence-corrected chi connectivity index (χ1v) is 9.44. The van der Waals surface area contributed by atoms with Gasteiger partial charge in [-0.1, -0.05) is 0 Å². The topological polar surface area (TPSA) is 49.9 Å². The summed E-state index contributed by atoms with van der Waals surface area (Å²) in [7, 11) is 0. The van der Waals surface area contributed by atoms with Crippen molar-refractivity contribution >= 4 is 34.6 Å². The molecule has 1 saturated heterocycles. The summed E-state index contributed by atoms with van der Waals surface area (Å²) in [5.41, 5.74) is -0.488. The minimum absolute atomic E-state index is 0.162. The number of carbonyl (C=O) groups excluding carboxylic acids is 2. The van der Waals surface area contributed by atoms with Gasteiger partial charge in [0.15, 0.2) is 0 Å². The van der Waals surface area contributed by atoms with Crippen LogP contribution in [0.3, 0.4) is 0 Å². The van der Waals surface area contributed by atoms with E-state index < -0.39 is 11.4 Å². The number of hydrogen-bond acceptors (Lipinski definition) is 3. The Morgan fingerprint density at radius 2 is 1.92 bits per heavy atom. The zero-order valence-electron chi connectivity index (χ0n) is 14.6. The molecule has 7 heteroatoms. The summed E-state index contributed by atoms with van der Waals surface area (Å²) in [5.74, 6) is -0.578. The number of halogens is 2. The van der Waals surface area contributed by atoms with Gasteiger partial charge in [0.1, 0.15) is 11.4 Å². The predicted molar refractivity (Wildman–Crippen MR) is 99.9 cm³/mol. The number of amides is 2. The lowest BCUT2D eigenvalue weighted by Gasteiger charge is -2.42. The van der Waals surface area contributed by atoms with Crippen molar-refractivity contribution in [2.45, 2.75) is 44.8 Å². The third-order valence-electron chi connectivity index (χ3n) is 4.53. The lowest BCUT2D eigenvalue weighted by Crippen LogP contribution is -2.58. The molecule has 1 aromatic carbocycles. The molecule has 1 saturated carbocycles. The molecule has 5 nitrogen and oxygen atoms in total. The Kier molecular flexibility index (Phi) is 4.72. The molecular weight excluding hydrogens is 438 g/mol. The van der Waals surface area contributed by atoms with Gasteiger partial charge in [0, 0.05) is 23.2 Å². The third-order valence-corrected chi connectivity index (χ3v) is 5.47. The molecule has 2 fully saturated rings. The average Bonchev–Trinajstić information content (AvgIpc) is 3.27. The highest BCUT2D eigenvalue weighted by atomic mass is 127. The van der Waals surface area contributed by atoms with Crippen molar-refractivity contribution in [1.82, 2.24) is 9.80 Å². The zero-order chi connectivity index (χ0) is 18.4. The molecule has 0 aromatic heterocycles. The van der Waals surface area contributed by atoms with Crippen molar-refractivity contribution in [3.8, 4) is 0 Å². The fourth-order valence-electron chi connectivity index (χ4n) is 3.16. The maximum Gasteiger partial charge on any atom is 0.410 e. The molecule has 3 rings (SSSR count). The van der Waals surface area contributed by atoms with E-state index in [1.807, 2.05) is 25.7 Å². The molecule has 0 bridgehead atoms. The Labute approximate surface area is 160 Å². The maximum atomic E-state index is 13.6. The Balaban J connectivity index is 1.75. The van der Waals surface area contributed by atoms with Crippen LogP contribution in [0.15, 0.2) is 18.2 Å². The largest absolute Gasteiger partial charge is 0.444 e. The van der Waals surface area contributed by atoms with Crippen LogP contribution >= 0.6 is 22.6 Å². The minimum Gasteiger partial charge on any atom is -0.444 e. The first-order chi connectivity index (χ1) is 11.6. The number of benzene rings is 1. The van der Waals surface area contributed by atoms with Crippen molar-refractivity contribution in [3.05, 3.63) is 33.1 Å². The third kappa shape index (κ3) is 3.91. The summed E-state index contributed by atoms with van der Waals surface area (Å²) >= 11 is 2.05. The molecular formula is C18H22FIN2O3. The number of hydrogen-bond donors (Lipinski definition) is 0. The monoisotopic (exact) mass is 460 g/mol. The van der Waals surface area contributed by atoms with E-state index >= 15 is 0 Å². The maximum absolute atomic E-state index is 13.6. The molecule has 1 aromatic rings. The highest BCUT2D eigenvalue weighted by Gasteiger charge is 2.54. The molecule has 1 aliphatic heterocycles. The fourth-order valence-corrected chi connectivity index (χ4v) is 3.72. The van der Waals surface area contributed by atoms with E-state index in [9.17, 15) is 14.0 Å². The van der Waals surface area contributed by atoms with Crippen molar-refractivity contribution < 1.29 is 18.7 Å². The van der Waals surface area contributed by atoms with Crippen molar-refractivity contribution in [1.29, 1.82) is 0 Å². The van der Waals surface area contributed by atoms with E-state index in [1.54, 1.807) is 11.0 Å². The van der Waals surface area contributed by atoms with Gasteiger partial charge < -0.3 is 14.5 Å². The molecule has 0 radical (unpaired) electrons. The standard InChI is InChI=1S/C18H22FIN2O3/c1-17(2,3)25-16(24)21-8-9-22(18(11-21)6-7-18)15(23)13-10-12(19)4-5-14(13)20/h4-5,10H,6-9,11H2,1-3H3. The van der Waals surface area contributed by atoms with Gasteiger partial charge >= 0.3 is 6.09 Å². The van der Waals surface area contributed by atoms with Gasteiger partial charge in [0.25, 0.3) is 5.91 Å². The zero-order valence-corrected chi connectivity index (χ0v) is 16.8. The average molecular weight is 460 g/mol. The second-order valence-corrected chi connectivity index (χ2v) is 8.87. The van der Waals surface area contributed by atoms with Crippen molar-refractivity contribution in [3.63, 3.8) is 0 Å². The van der Waals surface area contributed by atoms with Gasteiger partial charge in [-0.15, -0.1) is 0 Å². The molecule has 2 amide bonds. The van der Waals surface area contributed by atoms with Gasteiger partial charge in [-0.25, -0.2) is 9.18 Å². The molecule has 0 N–H and O–H groups in total. The van der Waals surface area contributed by atoms with Crippen LogP contribution in [0.25, 0.3) is 0 Å². The molecule has 1 spiro atoms. The Morgan fingerprint density at radius 1 is 1.24 bits per heavy atom. The normalized spacial score (nSPS) is 19.1. The van der Waals surface area contributed by atoms with E-state index in [0.717, 1.165) is 16.4 Å². The molecule has 0 atom stereocenters. The van der Waals surface area contributed by atoms with E-state index in [4.69, 9.17) is 4.74 Å². The van der Waals surface area contributed by atoms with Gasteiger partial charge in [0.2, 0.25) is 0 Å². The molecule has 136 valence electrons. The van der Waals surface area contributed by atoms with E-state index in [1.165, 1.54) is 12.1 Å². The van der Waals surface area contributed by atoms with Gasteiger partial charge in [-0.3, -0.25) is 4.79 Å². The first kappa shape index (κ1) is 18.4. The van der Waals surface area contributed by atoms with Crippen LogP contribution in [-0.4, -0.2) is 52.6 Å². The number of piperazine rings is 1. The van der Waals surface area contributed by atoms with E-state index in [-0.39, 0.29) is 17.5 Å². The predicted octanol–water partition coefficient (Wildman–Crippen LogP) is 3.66. The number of carbonyl (C=O) groups is 2. The van der Waals surface area contributed by atoms with Crippen LogP contribution in [0.5, 0.6) is 0 Å². The second kappa shape index (κ2) is 6.41. The van der Waals surface area contributed by atoms with Crippen LogP contribution in [0, 0.1) is 9.39 Å². The van der Waals surface area contributed by atoms with Crippen LogP contribution in [0.4, 0.5) is 9.18 Å². The molecule has 0 unspecified atom stereocenters. The summed E-state index contributed by atoms with van der Waals surface area (Å²) in [5, 5.41) is 0. The van der Waals surface area contributed by atoms with Gasteiger partial charge in [0.05, 0.1) is 11.1 Å². The SMILES string of the molecule is CC(C)(C)OC(=O)N1CCN(C(=O)c2cc(F)ccc2I)C2(CC2)C1. The Bertz CT molecular complexity index is 713. The van der Waals surface area contributed by atoms with Crippen LogP contribution in [0.1, 0.15) is 44.0 Å². The molecule has 1 aliphatic carbocycles. The van der Waals surface area contributed by atoms with Gasteiger partial charge in [-0.05, 0) is 74.4 Å². The lowest BCUT2D eigenvalue weighted by atomic mass is 10.1. The van der Waals surface area contributed by atoms with Crippen LogP contribution < -0.4 is 0 Å². The Hall–Kier alpha value is -1.38. The summed E-state index contributed by atoms with van der Waals surface area (Å²) in [4.78, 5) is 28.8. The second-order valence-electron chi connectivity index (χ2n) is 7.71. The van der Waals surface area contributed by atoms with Gasteiger partial charge in [-0.2, -0.15) is 0 Å². The summed E-state index contributed by atoms with van der Waals surface area (Å²) in [6.45, 7) is 6.84. The summed E-state index contributed by atoms with van der Waals surface area (Å²) < 4.78 is 19.7. The highest BCUT2D eigenvalue weighted by Crippen LogP contribution is 2.45.